The van der Waals surface area contributed by atoms with Crippen LogP contribution in [-0.2, 0) is 33.5 Å². The molecule has 0 saturated heterocycles. The fourth-order valence-corrected chi connectivity index (χ4v) is 10.7. The Morgan fingerprint density at radius 1 is 1.14 bits per heavy atom. The van der Waals surface area contributed by atoms with Crippen molar-refractivity contribution in [2.75, 3.05) is 42.2 Å². The maximum Gasteiger partial charge on any atom is 0.286 e. The van der Waals surface area contributed by atoms with E-state index < -0.39 is 15.8 Å². The quantitative estimate of drug-likeness (QED) is 0.242. The number of rotatable bonds is 3. The minimum Gasteiger partial charge on any atom is -0.490 e. The summed E-state index contributed by atoms with van der Waals surface area (Å²) in [7, 11) is 0.249. The fourth-order valence-electron chi connectivity index (χ4n) is 8.71. The highest BCUT2D eigenvalue weighted by Gasteiger charge is 2.44. The molecule has 1 saturated carbocycles. The van der Waals surface area contributed by atoms with Crippen LogP contribution in [0.25, 0.3) is 11.0 Å². The average molecular weight is 710 g/mol. The SMILES string of the molecule is CO[C@H]1/C=C/C[C@H](C)CS(=O)(Nc2ncnc3nn(C)cc23)=NC(=O)c2ccc3c(c2)N(C[C@@H]2CC[C@H]21)C[C@@]1(CCCc2cc(C)ccc21)CO3. The van der Waals surface area contributed by atoms with Crippen LogP contribution in [0.4, 0.5) is 11.5 Å². The Balaban J connectivity index is 1.22. The monoisotopic (exact) mass is 709 g/mol. The van der Waals surface area contributed by atoms with Crippen molar-refractivity contribution in [3.8, 4) is 5.75 Å². The van der Waals surface area contributed by atoms with E-state index in [1.807, 2.05) is 19.1 Å². The van der Waals surface area contributed by atoms with Gasteiger partial charge < -0.3 is 14.4 Å². The summed E-state index contributed by atoms with van der Waals surface area (Å²) in [5.74, 6) is 1.44. The Labute approximate surface area is 300 Å². The van der Waals surface area contributed by atoms with Crippen LogP contribution in [0.1, 0.15) is 66.1 Å². The molecule has 2 aromatic heterocycles. The van der Waals surface area contributed by atoms with Crippen LogP contribution in [0.2, 0.25) is 0 Å². The van der Waals surface area contributed by atoms with Crippen molar-refractivity contribution in [1.29, 1.82) is 0 Å². The lowest BCUT2D eigenvalue weighted by molar-refractivity contribution is 0.0131. The predicted octanol–water partition coefficient (Wildman–Crippen LogP) is 6.42. The third kappa shape index (κ3) is 6.52. The Morgan fingerprint density at radius 2 is 2.02 bits per heavy atom. The second-order valence-electron chi connectivity index (χ2n) is 15.2. The number of anilines is 2. The second kappa shape index (κ2) is 13.4. The number of ether oxygens (including phenoxy) is 2. The third-order valence-corrected chi connectivity index (χ3v) is 13.4. The van der Waals surface area contributed by atoms with Crippen molar-refractivity contribution in [3.63, 3.8) is 0 Å². The lowest BCUT2D eigenvalue weighted by Gasteiger charge is -2.46. The van der Waals surface area contributed by atoms with E-state index in [4.69, 9.17) is 9.47 Å². The zero-order chi connectivity index (χ0) is 35.3. The summed E-state index contributed by atoms with van der Waals surface area (Å²) in [6.45, 7) is 6.37. The van der Waals surface area contributed by atoms with Crippen LogP contribution < -0.4 is 14.4 Å². The lowest BCUT2D eigenvalue weighted by atomic mass is 9.68. The van der Waals surface area contributed by atoms with Crippen LogP contribution in [0, 0.1) is 24.7 Å². The first kappa shape index (κ1) is 33.8. The first-order valence-corrected chi connectivity index (χ1v) is 19.8. The standard InChI is InChI=1S/C39H47N7O4S/c1-25-10-14-32-27(17-25)8-6-16-39(32)22-46-19-29-11-13-30(29)34(49-4)9-5-7-26(2)21-51(48,43-37-31-20-45(3)42-36(31)40-24-41-37)44-38(47)28-12-15-35(50-23-39)33(46)18-28/h5,9-10,12,14-15,17-18,20,24,26,29-30,34H,6-8,11,13,16,19,21-23H2,1-4H3,(H,40,41,42,43,44,47,48)/b9-5+/t26-,29-,30+,34-,39-,51?/m0/s1. The summed E-state index contributed by atoms with van der Waals surface area (Å²) < 4.78 is 36.8. The molecule has 1 N–H and O–H groups in total. The van der Waals surface area contributed by atoms with Gasteiger partial charge in [-0.25, -0.2) is 14.2 Å². The zero-order valence-corrected chi connectivity index (χ0v) is 30.7. The second-order valence-corrected chi connectivity index (χ2v) is 17.2. The van der Waals surface area contributed by atoms with Crippen LogP contribution in [-0.4, -0.2) is 68.5 Å². The Kier molecular flexibility index (Phi) is 8.86. The highest BCUT2D eigenvalue weighted by molar-refractivity contribution is 7.95. The van der Waals surface area contributed by atoms with Crippen LogP contribution >= 0.6 is 0 Å². The van der Waals surface area contributed by atoms with E-state index in [1.54, 1.807) is 31.1 Å². The van der Waals surface area contributed by atoms with Crippen molar-refractivity contribution in [2.24, 2.45) is 29.2 Å². The molecule has 1 fully saturated rings. The predicted molar refractivity (Wildman–Crippen MR) is 200 cm³/mol. The number of aryl methyl sites for hydroxylation is 3. The molecule has 4 aliphatic rings. The molecule has 2 aliphatic carbocycles. The third-order valence-electron chi connectivity index (χ3n) is 11.4. The number of benzene rings is 2. The van der Waals surface area contributed by atoms with Gasteiger partial charge in [0.1, 0.15) is 22.0 Å². The summed E-state index contributed by atoms with van der Waals surface area (Å²) in [5.41, 5.74) is 5.61. The molecular weight excluding hydrogens is 663 g/mol. The molecule has 4 heterocycles. The van der Waals surface area contributed by atoms with Gasteiger partial charge in [0, 0.05) is 44.4 Å². The summed E-state index contributed by atoms with van der Waals surface area (Å²) in [6, 6.07) is 12.4. The molecule has 1 unspecified atom stereocenters. The van der Waals surface area contributed by atoms with E-state index in [-0.39, 0.29) is 23.2 Å². The van der Waals surface area contributed by atoms with E-state index in [0.717, 1.165) is 56.6 Å². The summed E-state index contributed by atoms with van der Waals surface area (Å²) in [6.07, 6.45) is 13.5. The molecule has 1 spiro atoms. The van der Waals surface area contributed by atoms with Crippen LogP contribution in [0.15, 0.2) is 65.4 Å². The molecule has 4 aromatic rings. The number of allylic oxidation sites excluding steroid dienone is 1. The average Bonchev–Trinajstić information content (AvgIpc) is 3.41. The van der Waals surface area contributed by atoms with Gasteiger partial charge in [0.2, 0.25) is 0 Å². The highest BCUT2D eigenvalue weighted by atomic mass is 32.2. The Bertz CT molecular complexity index is 2140. The molecule has 2 aliphatic heterocycles. The van der Waals surface area contributed by atoms with E-state index in [1.165, 1.54) is 23.0 Å². The van der Waals surface area contributed by atoms with Crippen molar-refractivity contribution < 1.29 is 18.5 Å². The molecule has 2 bridgehead atoms. The van der Waals surface area contributed by atoms with Crippen molar-refractivity contribution >= 4 is 38.4 Å². The Hall–Kier alpha value is -4.29. The van der Waals surface area contributed by atoms with E-state index in [2.05, 4.69) is 66.3 Å². The minimum atomic E-state index is -3.34. The number of aromatic nitrogens is 4. The summed E-state index contributed by atoms with van der Waals surface area (Å²) >= 11 is 0. The smallest absolute Gasteiger partial charge is 0.286 e. The molecule has 0 radical (unpaired) electrons. The van der Waals surface area contributed by atoms with E-state index in [9.17, 15) is 9.00 Å². The first-order chi connectivity index (χ1) is 24.6. The molecule has 11 nitrogen and oxygen atoms in total. The number of carbonyl (C=O) groups is 1. The molecule has 2 aromatic carbocycles. The first-order valence-electron chi connectivity index (χ1n) is 18.1. The topological polar surface area (TPSA) is 124 Å². The van der Waals surface area contributed by atoms with Crippen LogP contribution in [0.5, 0.6) is 5.75 Å². The minimum absolute atomic E-state index is 0.0149. The largest absolute Gasteiger partial charge is 0.490 e. The number of carbonyl (C=O) groups excluding carboxylic acids is 1. The number of nitrogens with zero attached hydrogens (tertiary/aromatic N) is 6. The number of nitrogens with one attached hydrogen (secondary N) is 1. The van der Waals surface area contributed by atoms with E-state index in [0.29, 0.717) is 47.3 Å². The summed E-state index contributed by atoms with van der Waals surface area (Å²) in [5, 5.41) is 4.98. The molecule has 12 heteroatoms. The lowest BCUT2D eigenvalue weighted by Crippen LogP contribution is -2.49. The number of fused-ring (bicyclic) bond motifs is 5. The number of amides is 1. The van der Waals surface area contributed by atoms with Crippen LogP contribution in [0.3, 0.4) is 0 Å². The fraction of sp³-hybridized carbons (Fsp3) is 0.487. The van der Waals surface area contributed by atoms with Gasteiger partial charge in [0.25, 0.3) is 5.91 Å². The molecule has 51 heavy (non-hydrogen) atoms. The van der Waals surface area contributed by atoms with Gasteiger partial charge in [0.05, 0.1) is 29.5 Å². The molecule has 8 rings (SSSR count). The molecule has 1 amide bonds. The van der Waals surface area contributed by atoms with Gasteiger partial charge in [-0.1, -0.05) is 42.8 Å². The van der Waals surface area contributed by atoms with Gasteiger partial charge in [-0.15, -0.1) is 4.36 Å². The van der Waals surface area contributed by atoms with Crippen molar-refractivity contribution in [3.05, 3.63) is 83.3 Å². The molecule has 6 atom stereocenters. The maximum atomic E-state index is 14.8. The maximum absolute atomic E-state index is 14.8. The number of hydrogen-bond acceptors (Lipinski definition) is 8. The van der Waals surface area contributed by atoms with Gasteiger partial charge in [-0.3, -0.25) is 14.2 Å². The highest BCUT2D eigenvalue weighted by Crippen LogP contribution is 2.47. The van der Waals surface area contributed by atoms with E-state index >= 15 is 0 Å². The van der Waals surface area contributed by atoms with Crippen molar-refractivity contribution in [1.82, 2.24) is 19.7 Å². The van der Waals surface area contributed by atoms with Gasteiger partial charge >= 0.3 is 0 Å². The normalized spacial score (nSPS) is 30.0. The van der Waals surface area contributed by atoms with Gasteiger partial charge in [0.15, 0.2) is 11.5 Å². The molecular formula is C39H47N7O4S. The number of methoxy groups -OCH3 is 1. The van der Waals surface area contributed by atoms with Gasteiger partial charge in [-0.05, 0) is 92.5 Å². The zero-order valence-electron chi connectivity index (χ0n) is 29.9. The van der Waals surface area contributed by atoms with Crippen molar-refractivity contribution in [2.45, 2.75) is 63.9 Å². The summed E-state index contributed by atoms with van der Waals surface area (Å²) in [4.78, 5) is 25.2. The molecule has 268 valence electrons. The Morgan fingerprint density at radius 3 is 2.84 bits per heavy atom. The number of hydrogen-bond donors (Lipinski definition) is 1. The van der Waals surface area contributed by atoms with Gasteiger partial charge in [-0.2, -0.15) is 5.10 Å².